The van der Waals surface area contributed by atoms with Crippen molar-refractivity contribution in [1.29, 1.82) is 0 Å². The minimum Gasteiger partial charge on any atom is -0.366 e. The number of Topliss-reactive ketones (excluding diaryl/α,β-unsaturated/α-hetero) is 1. The van der Waals surface area contributed by atoms with E-state index >= 15 is 0 Å². The van der Waals surface area contributed by atoms with Crippen LogP contribution in [0.2, 0.25) is 5.02 Å². The molecule has 7 nitrogen and oxygen atoms in total. The molecule has 0 saturated carbocycles. The predicted molar refractivity (Wildman–Crippen MR) is 115 cm³/mol. The maximum Gasteiger partial charge on any atom is 0.255 e. The van der Waals surface area contributed by atoms with Crippen LogP contribution in [-0.4, -0.2) is 46.1 Å². The Bertz CT molecular complexity index is 1150. The normalized spacial score (nSPS) is 16.5. The lowest BCUT2D eigenvalue weighted by molar-refractivity contribution is 0.0336. The van der Waals surface area contributed by atoms with Gasteiger partial charge in [0, 0.05) is 48.2 Å². The molecule has 1 aromatic carbocycles. The first-order valence-corrected chi connectivity index (χ1v) is 9.97. The fourth-order valence-electron chi connectivity index (χ4n) is 3.45. The number of hydrogen-bond acceptors (Lipinski definition) is 6. The molecule has 0 amide bonds. The highest BCUT2D eigenvalue weighted by Crippen LogP contribution is 2.22. The van der Waals surface area contributed by atoms with Crippen LogP contribution in [0.3, 0.4) is 0 Å². The van der Waals surface area contributed by atoms with Gasteiger partial charge in [-0.1, -0.05) is 11.6 Å². The summed E-state index contributed by atoms with van der Waals surface area (Å²) >= 11 is 6.08. The molecular formula is C22H21ClN4O3. The molecule has 0 radical (unpaired) electrons. The van der Waals surface area contributed by atoms with Crippen molar-refractivity contribution in [2.45, 2.75) is 13.0 Å². The van der Waals surface area contributed by atoms with Crippen LogP contribution in [0.25, 0.3) is 11.3 Å². The average Bonchev–Trinajstić information content (AvgIpc) is 2.77. The number of anilines is 1. The molecule has 0 aliphatic carbocycles. The monoisotopic (exact) mass is 424 g/mol. The first-order chi connectivity index (χ1) is 14.4. The molecule has 0 spiro atoms. The van der Waals surface area contributed by atoms with Crippen molar-refractivity contribution in [1.82, 2.24) is 14.5 Å². The smallest absolute Gasteiger partial charge is 0.255 e. The number of ether oxygens (including phenoxy) is 1. The summed E-state index contributed by atoms with van der Waals surface area (Å²) in [6, 6.07) is 10.3. The van der Waals surface area contributed by atoms with Crippen molar-refractivity contribution in [3.8, 4) is 11.3 Å². The number of halogens is 1. The minimum atomic E-state index is -0.652. The Kier molecular flexibility index (Phi) is 5.65. The third kappa shape index (κ3) is 3.99. The van der Waals surface area contributed by atoms with Crippen molar-refractivity contribution < 1.29 is 9.53 Å². The number of nitrogens with zero attached hydrogens (tertiary/aromatic N) is 4. The molecule has 1 fully saturated rings. The van der Waals surface area contributed by atoms with Gasteiger partial charge in [-0.2, -0.15) is 0 Å². The molecule has 30 heavy (non-hydrogen) atoms. The van der Waals surface area contributed by atoms with Crippen molar-refractivity contribution >= 4 is 23.3 Å². The molecule has 0 bridgehead atoms. The zero-order valence-corrected chi connectivity index (χ0v) is 17.5. The third-order valence-corrected chi connectivity index (χ3v) is 5.60. The van der Waals surface area contributed by atoms with Crippen molar-refractivity contribution in [2.75, 3.05) is 24.6 Å². The summed E-state index contributed by atoms with van der Waals surface area (Å²) in [6.07, 6.45) is 2.66. The number of hydrogen-bond donors (Lipinski definition) is 0. The Morgan fingerprint density at radius 3 is 2.70 bits per heavy atom. The van der Waals surface area contributed by atoms with Crippen molar-refractivity contribution in [3.63, 3.8) is 0 Å². The van der Waals surface area contributed by atoms with Gasteiger partial charge in [0.25, 0.3) is 5.56 Å². The number of aromatic nitrogens is 3. The van der Waals surface area contributed by atoms with Crippen LogP contribution < -0.4 is 10.5 Å². The summed E-state index contributed by atoms with van der Waals surface area (Å²) in [5.74, 6) is 0.387. The first kappa shape index (κ1) is 20.3. The number of morpholine rings is 1. The van der Waals surface area contributed by atoms with Gasteiger partial charge in [0.2, 0.25) is 5.95 Å². The van der Waals surface area contributed by atoms with Gasteiger partial charge < -0.3 is 9.64 Å². The van der Waals surface area contributed by atoms with Crippen LogP contribution >= 0.6 is 11.6 Å². The maximum absolute atomic E-state index is 13.0. The molecule has 3 aromatic rings. The number of carbonyl (C=O) groups excluding carboxylic acids is 1. The number of pyridine rings is 1. The van der Waals surface area contributed by atoms with Gasteiger partial charge in [-0.05, 0) is 42.8 Å². The van der Waals surface area contributed by atoms with Crippen LogP contribution in [0.4, 0.5) is 5.95 Å². The highest BCUT2D eigenvalue weighted by Gasteiger charge is 2.29. The first-order valence-electron chi connectivity index (χ1n) is 9.59. The van der Waals surface area contributed by atoms with Crippen LogP contribution in [0.1, 0.15) is 15.9 Å². The van der Waals surface area contributed by atoms with E-state index < -0.39 is 6.10 Å². The predicted octanol–water partition coefficient (Wildman–Crippen LogP) is 2.89. The second-order valence-electron chi connectivity index (χ2n) is 7.21. The molecule has 8 heteroatoms. The maximum atomic E-state index is 13.0. The topological polar surface area (TPSA) is 77.3 Å². The zero-order valence-electron chi connectivity index (χ0n) is 16.7. The molecule has 154 valence electrons. The summed E-state index contributed by atoms with van der Waals surface area (Å²) in [6.45, 7) is 3.06. The summed E-state index contributed by atoms with van der Waals surface area (Å²) in [5, 5.41) is 0.616. The van der Waals surface area contributed by atoms with Gasteiger partial charge in [0.05, 0.1) is 18.8 Å². The summed E-state index contributed by atoms with van der Waals surface area (Å²) in [4.78, 5) is 36.2. The SMILES string of the molecule is Cc1cc(C(=O)C2CN(c3nc(-c4ccncc4)cc(=O)n3C)CCO2)ccc1Cl. The van der Waals surface area contributed by atoms with Gasteiger partial charge in [-0.15, -0.1) is 0 Å². The van der Waals surface area contributed by atoms with Gasteiger partial charge in [-0.3, -0.25) is 19.1 Å². The molecule has 1 saturated heterocycles. The van der Waals surface area contributed by atoms with E-state index in [1.165, 1.54) is 10.6 Å². The minimum absolute atomic E-state index is 0.116. The number of rotatable bonds is 4. The van der Waals surface area contributed by atoms with E-state index in [2.05, 4.69) is 4.98 Å². The average molecular weight is 425 g/mol. The summed E-state index contributed by atoms with van der Waals surface area (Å²) < 4.78 is 7.24. The van der Waals surface area contributed by atoms with E-state index in [0.29, 0.717) is 41.9 Å². The van der Waals surface area contributed by atoms with E-state index in [4.69, 9.17) is 21.3 Å². The Balaban J connectivity index is 1.63. The lowest BCUT2D eigenvalue weighted by Gasteiger charge is -2.33. The van der Waals surface area contributed by atoms with Crippen LogP contribution in [0.5, 0.6) is 0 Å². The molecule has 1 atom stereocenters. The van der Waals surface area contributed by atoms with E-state index in [1.54, 1.807) is 49.8 Å². The zero-order chi connectivity index (χ0) is 21.3. The van der Waals surface area contributed by atoms with Crippen molar-refractivity contribution in [3.05, 3.63) is 75.3 Å². The third-order valence-electron chi connectivity index (χ3n) is 5.17. The van der Waals surface area contributed by atoms with E-state index in [-0.39, 0.29) is 11.3 Å². The van der Waals surface area contributed by atoms with E-state index in [1.807, 2.05) is 11.8 Å². The second-order valence-corrected chi connectivity index (χ2v) is 7.62. The van der Waals surface area contributed by atoms with E-state index in [9.17, 15) is 9.59 Å². The molecule has 1 unspecified atom stereocenters. The molecule has 1 aliphatic rings. The van der Waals surface area contributed by atoms with Crippen LogP contribution in [0.15, 0.2) is 53.6 Å². The van der Waals surface area contributed by atoms with Gasteiger partial charge in [-0.25, -0.2) is 4.98 Å². The molecule has 4 rings (SSSR count). The number of benzene rings is 1. The molecule has 1 aliphatic heterocycles. The number of aryl methyl sites for hydroxylation is 1. The van der Waals surface area contributed by atoms with Gasteiger partial charge >= 0.3 is 0 Å². The Morgan fingerprint density at radius 1 is 1.20 bits per heavy atom. The quantitative estimate of drug-likeness (QED) is 0.599. The largest absolute Gasteiger partial charge is 0.366 e. The number of ketones is 1. The Hall–Kier alpha value is -3.03. The molecular weight excluding hydrogens is 404 g/mol. The van der Waals surface area contributed by atoms with E-state index in [0.717, 1.165) is 11.1 Å². The highest BCUT2D eigenvalue weighted by atomic mass is 35.5. The summed E-state index contributed by atoms with van der Waals surface area (Å²) in [7, 11) is 1.68. The highest BCUT2D eigenvalue weighted by molar-refractivity contribution is 6.31. The lowest BCUT2D eigenvalue weighted by Crippen LogP contribution is -2.48. The fourth-order valence-corrected chi connectivity index (χ4v) is 3.57. The molecule has 2 aromatic heterocycles. The van der Waals surface area contributed by atoms with Gasteiger partial charge in [0.1, 0.15) is 6.10 Å². The second kappa shape index (κ2) is 8.38. The lowest BCUT2D eigenvalue weighted by atomic mass is 10.0. The standard InChI is InChI=1S/C22H21ClN4O3/c1-14-11-16(3-4-17(14)23)21(29)19-13-27(9-10-30-19)22-25-18(12-20(28)26(22)2)15-5-7-24-8-6-15/h3-8,11-12,19H,9-10,13H2,1-2H3. The Morgan fingerprint density at radius 2 is 1.97 bits per heavy atom. The molecule has 0 N–H and O–H groups in total. The Labute approximate surface area is 178 Å². The number of carbonyl (C=O) groups is 1. The van der Waals surface area contributed by atoms with Crippen LogP contribution in [-0.2, 0) is 11.8 Å². The van der Waals surface area contributed by atoms with Crippen molar-refractivity contribution in [2.24, 2.45) is 7.05 Å². The van der Waals surface area contributed by atoms with Gasteiger partial charge in [0.15, 0.2) is 5.78 Å². The fraction of sp³-hybridized carbons (Fsp3) is 0.273. The van der Waals surface area contributed by atoms with Crippen LogP contribution in [0, 0.1) is 6.92 Å². The molecule has 3 heterocycles. The summed E-state index contributed by atoms with van der Waals surface area (Å²) in [5.41, 5.74) is 2.59.